The van der Waals surface area contributed by atoms with Crippen molar-refractivity contribution in [1.29, 1.82) is 0 Å². The van der Waals surface area contributed by atoms with E-state index in [4.69, 9.17) is 18.9 Å². The number of esters is 2. The van der Waals surface area contributed by atoms with Crippen molar-refractivity contribution in [1.82, 2.24) is 10.4 Å². The van der Waals surface area contributed by atoms with E-state index >= 15 is 0 Å². The van der Waals surface area contributed by atoms with E-state index in [2.05, 4.69) is 15.5 Å². The van der Waals surface area contributed by atoms with Crippen molar-refractivity contribution in [2.75, 3.05) is 13.7 Å². The number of rotatable bonds is 10. The average molecular weight is 642 g/mol. The van der Waals surface area contributed by atoms with E-state index in [1.165, 1.54) is 38.4 Å². The van der Waals surface area contributed by atoms with Gasteiger partial charge in [-0.3, -0.25) is 9.59 Å². The maximum absolute atomic E-state index is 13.6. The highest BCUT2D eigenvalue weighted by molar-refractivity contribution is 6.16. The molecular formula is C38H31N3O7. The van der Waals surface area contributed by atoms with E-state index in [9.17, 15) is 14.4 Å². The standard InChI is InChI=1S/C38H31N3O7/c1-4-46-33-20-24(14-18-31(33)48-38(44)27-16-19-30(47-23(2)42)32(21-27)45-3)22-39-41-37(43)36-34(26-11-6-5-7-12-26)29-17-15-25-10-8-9-13-28(25)35(29)40-36/h5-22,40H,4H2,1-3H3,(H,41,43). The lowest BCUT2D eigenvalue weighted by molar-refractivity contribution is -0.132. The molecule has 2 N–H and O–H groups in total. The second kappa shape index (κ2) is 13.9. The van der Waals surface area contributed by atoms with Gasteiger partial charge in [-0.2, -0.15) is 5.10 Å². The van der Waals surface area contributed by atoms with E-state index in [0.29, 0.717) is 23.6 Å². The van der Waals surface area contributed by atoms with Crippen LogP contribution in [-0.2, 0) is 4.79 Å². The van der Waals surface area contributed by atoms with Gasteiger partial charge >= 0.3 is 11.9 Å². The lowest BCUT2D eigenvalue weighted by Crippen LogP contribution is -2.18. The van der Waals surface area contributed by atoms with Crippen LogP contribution in [0, 0.1) is 0 Å². The number of ether oxygens (including phenoxy) is 4. The lowest BCUT2D eigenvalue weighted by Gasteiger charge is -2.13. The van der Waals surface area contributed by atoms with Crippen LogP contribution in [0.1, 0.15) is 40.3 Å². The number of aromatic amines is 1. The molecule has 0 aliphatic rings. The highest BCUT2D eigenvalue weighted by Crippen LogP contribution is 2.36. The molecule has 10 heteroatoms. The molecule has 6 rings (SSSR count). The number of fused-ring (bicyclic) bond motifs is 3. The number of amides is 1. The van der Waals surface area contributed by atoms with Gasteiger partial charge in [0, 0.05) is 23.3 Å². The summed E-state index contributed by atoms with van der Waals surface area (Å²) < 4.78 is 21.7. The number of hydrogen-bond donors (Lipinski definition) is 2. The van der Waals surface area contributed by atoms with Gasteiger partial charge in [0.15, 0.2) is 23.0 Å². The summed E-state index contributed by atoms with van der Waals surface area (Å²) >= 11 is 0. The Kier molecular flexibility index (Phi) is 9.15. The van der Waals surface area contributed by atoms with Gasteiger partial charge in [-0.05, 0) is 59.8 Å². The van der Waals surface area contributed by atoms with Crippen LogP contribution in [0.2, 0.25) is 0 Å². The molecule has 0 aliphatic heterocycles. The number of H-pyrrole nitrogens is 1. The number of nitrogens with one attached hydrogen (secondary N) is 2. The second-order valence-corrected chi connectivity index (χ2v) is 10.6. The van der Waals surface area contributed by atoms with Gasteiger partial charge in [0.2, 0.25) is 0 Å². The molecule has 0 unspecified atom stereocenters. The van der Waals surface area contributed by atoms with Crippen molar-refractivity contribution in [3.05, 3.63) is 120 Å². The Morgan fingerprint density at radius 3 is 2.31 bits per heavy atom. The van der Waals surface area contributed by atoms with Crippen molar-refractivity contribution < 1.29 is 33.3 Å². The van der Waals surface area contributed by atoms with Gasteiger partial charge < -0.3 is 23.9 Å². The topological polar surface area (TPSA) is 128 Å². The quantitative estimate of drug-likeness (QED) is 0.0695. The molecule has 48 heavy (non-hydrogen) atoms. The molecule has 0 saturated carbocycles. The number of aromatic nitrogens is 1. The normalized spacial score (nSPS) is 11.1. The van der Waals surface area contributed by atoms with Crippen molar-refractivity contribution in [3.63, 3.8) is 0 Å². The molecule has 1 amide bonds. The fraction of sp³-hybridized carbons (Fsp3) is 0.105. The summed E-state index contributed by atoms with van der Waals surface area (Å²) in [5.74, 6) is -0.718. The molecule has 1 aromatic heterocycles. The van der Waals surface area contributed by atoms with Crippen LogP contribution in [0.15, 0.2) is 108 Å². The molecule has 0 atom stereocenters. The van der Waals surface area contributed by atoms with Gasteiger partial charge in [0.05, 0.1) is 31.0 Å². The highest BCUT2D eigenvalue weighted by Gasteiger charge is 2.21. The highest BCUT2D eigenvalue weighted by atomic mass is 16.6. The summed E-state index contributed by atoms with van der Waals surface area (Å²) in [7, 11) is 1.40. The minimum Gasteiger partial charge on any atom is -0.493 e. The minimum absolute atomic E-state index is 0.179. The summed E-state index contributed by atoms with van der Waals surface area (Å²) in [5, 5.41) is 7.22. The summed E-state index contributed by atoms with van der Waals surface area (Å²) in [6.07, 6.45) is 1.48. The zero-order valence-electron chi connectivity index (χ0n) is 26.4. The predicted octanol–water partition coefficient (Wildman–Crippen LogP) is 7.30. The van der Waals surface area contributed by atoms with Crippen molar-refractivity contribution in [2.24, 2.45) is 5.10 Å². The molecule has 5 aromatic carbocycles. The molecule has 0 fully saturated rings. The van der Waals surface area contributed by atoms with E-state index in [0.717, 1.165) is 32.8 Å². The Bertz CT molecular complexity index is 2190. The molecule has 1 heterocycles. The predicted molar refractivity (Wildman–Crippen MR) is 183 cm³/mol. The molecule has 0 radical (unpaired) electrons. The van der Waals surface area contributed by atoms with Gasteiger partial charge in [-0.1, -0.05) is 66.7 Å². The Morgan fingerprint density at radius 1 is 0.792 bits per heavy atom. The van der Waals surface area contributed by atoms with Crippen LogP contribution >= 0.6 is 0 Å². The molecule has 240 valence electrons. The summed E-state index contributed by atoms with van der Waals surface area (Å²) in [4.78, 5) is 41.3. The molecule has 0 saturated heterocycles. The number of nitrogens with zero attached hydrogens (tertiary/aromatic N) is 1. The second-order valence-electron chi connectivity index (χ2n) is 10.6. The molecule has 10 nitrogen and oxygen atoms in total. The van der Waals surface area contributed by atoms with Gasteiger partial charge in [0.25, 0.3) is 5.91 Å². The third-order valence-electron chi connectivity index (χ3n) is 7.49. The Morgan fingerprint density at radius 2 is 1.54 bits per heavy atom. The summed E-state index contributed by atoms with van der Waals surface area (Å²) in [6, 6.07) is 31.1. The fourth-order valence-electron chi connectivity index (χ4n) is 5.38. The fourth-order valence-corrected chi connectivity index (χ4v) is 5.38. The number of hydrogen-bond acceptors (Lipinski definition) is 8. The van der Waals surface area contributed by atoms with E-state index < -0.39 is 17.8 Å². The number of methoxy groups -OCH3 is 1. The number of carbonyl (C=O) groups is 3. The summed E-state index contributed by atoms with van der Waals surface area (Å²) in [5.41, 5.74) is 6.36. The van der Waals surface area contributed by atoms with E-state index in [-0.39, 0.29) is 22.8 Å². The van der Waals surface area contributed by atoms with E-state index in [1.807, 2.05) is 66.7 Å². The monoisotopic (exact) mass is 641 g/mol. The van der Waals surface area contributed by atoms with E-state index in [1.54, 1.807) is 25.1 Å². The van der Waals surface area contributed by atoms with Crippen LogP contribution in [0.25, 0.3) is 32.8 Å². The SMILES string of the molecule is CCOc1cc(C=NNC(=O)c2[nH]c3c(ccc4ccccc43)c2-c2ccccc2)ccc1OC(=O)c1ccc(OC(C)=O)c(OC)c1. The van der Waals surface area contributed by atoms with Gasteiger partial charge in [0.1, 0.15) is 5.69 Å². The Labute approximate surface area is 275 Å². The first-order valence-electron chi connectivity index (χ1n) is 15.1. The first-order valence-corrected chi connectivity index (χ1v) is 15.1. The largest absolute Gasteiger partial charge is 0.493 e. The Balaban J connectivity index is 1.23. The van der Waals surface area contributed by atoms with Crippen molar-refractivity contribution >= 4 is 45.7 Å². The first kappa shape index (κ1) is 31.6. The minimum atomic E-state index is -0.669. The first-order chi connectivity index (χ1) is 23.4. The third kappa shape index (κ3) is 6.59. The van der Waals surface area contributed by atoms with Crippen LogP contribution < -0.4 is 24.4 Å². The molecule has 0 bridgehead atoms. The number of carbonyl (C=O) groups excluding carboxylic acids is 3. The smallest absolute Gasteiger partial charge is 0.343 e. The van der Waals surface area contributed by atoms with Crippen LogP contribution in [-0.4, -0.2) is 42.8 Å². The zero-order valence-corrected chi connectivity index (χ0v) is 26.4. The molecule has 0 aliphatic carbocycles. The van der Waals surface area contributed by atoms with Crippen molar-refractivity contribution in [2.45, 2.75) is 13.8 Å². The third-order valence-corrected chi connectivity index (χ3v) is 7.49. The average Bonchev–Trinajstić information content (AvgIpc) is 3.50. The molecular weight excluding hydrogens is 610 g/mol. The zero-order chi connectivity index (χ0) is 33.6. The molecule has 6 aromatic rings. The number of hydrazone groups is 1. The van der Waals surface area contributed by atoms with Crippen molar-refractivity contribution in [3.8, 4) is 34.1 Å². The van der Waals surface area contributed by atoms with Crippen LogP contribution in [0.4, 0.5) is 0 Å². The van der Waals surface area contributed by atoms with Crippen LogP contribution in [0.5, 0.6) is 23.0 Å². The maximum atomic E-state index is 13.6. The van der Waals surface area contributed by atoms with Gasteiger partial charge in [-0.25, -0.2) is 10.2 Å². The Hall–Kier alpha value is -6.42. The summed E-state index contributed by atoms with van der Waals surface area (Å²) in [6.45, 7) is 3.38. The number of benzene rings is 5. The van der Waals surface area contributed by atoms with Gasteiger partial charge in [-0.15, -0.1) is 0 Å². The van der Waals surface area contributed by atoms with Crippen LogP contribution in [0.3, 0.4) is 0 Å². The lowest BCUT2D eigenvalue weighted by atomic mass is 9.99. The maximum Gasteiger partial charge on any atom is 0.343 e. The molecule has 0 spiro atoms.